The predicted molar refractivity (Wildman–Crippen MR) is 75.7 cm³/mol. The van der Waals surface area contributed by atoms with Gasteiger partial charge >= 0.3 is 12.1 Å². The largest absolute Gasteiger partial charge is 0.471 e. The number of carbonyl (C=O) groups is 1. The lowest BCUT2D eigenvalue weighted by Gasteiger charge is -2.22. The Kier molecular flexibility index (Phi) is 5.97. The molecular formula is C13H12F4INO. The van der Waals surface area contributed by atoms with Gasteiger partial charge in [-0.15, -0.1) is 6.58 Å². The van der Waals surface area contributed by atoms with E-state index in [-0.39, 0.29) is 19.5 Å². The minimum atomic E-state index is -4.90. The van der Waals surface area contributed by atoms with Crippen molar-refractivity contribution in [2.24, 2.45) is 0 Å². The molecule has 1 aromatic carbocycles. The van der Waals surface area contributed by atoms with Gasteiger partial charge in [0.05, 0.1) is 0 Å². The Bertz CT molecular complexity index is 502. The van der Waals surface area contributed by atoms with Crippen LogP contribution in [0.4, 0.5) is 17.6 Å². The van der Waals surface area contributed by atoms with Crippen LogP contribution in [0.3, 0.4) is 0 Å². The third-order valence-electron chi connectivity index (χ3n) is 2.55. The maximum Gasteiger partial charge on any atom is 0.471 e. The second kappa shape index (κ2) is 7.05. The van der Waals surface area contributed by atoms with Crippen molar-refractivity contribution in [1.82, 2.24) is 4.90 Å². The van der Waals surface area contributed by atoms with Gasteiger partial charge in [-0.1, -0.05) is 12.1 Å². The molecule has 0 radical (unpaired) electrons. The van der Waals surface area contributed by atoms with Gasteiger partial charge in [0.1, 0.15) is 5.82 Å². The van der Waals surface area contributed by atoms with Crippen LogP contribution in [0, 0.1) is 9.39 Å². The van der Waals surface area contributed by atoms with Crippen LogP contribution in [0.25, 0.3) is 0 Å². The predicted octanol–water partition coefficient (Wildman–Crippen LogP) is 3.55. The van der Waals surface area contributed by atoms with E-state index < -0.39 is 17.9 Å². The van der Waals surface area contributed by atoms with Gasteiger partial charge in [-0.3, -0.25) is 4.79 Å². The SMILES string of the molecule is C=CCN(CCc1ccc(F)cc1I)C(=O)C(F)(F)F. The molecule has 1 aromatic rings. The number of carbonyl (C=O) groups excluding carboxylic acids is 1. The standard InChI is InChI=1S/C13H12F4INO/c1-2-6-19(12(20)13(15,16)17)7-5-9-3-4-10(14)8-11(9)18/h2-4,8H,1,5-7H2. The number of hydrogen-bond acceptors (Lipinski definition) is 1. The monoisotopic (exact) mass is 401 g/mol. The summed E-state index contributed by atoms with van der Waals surface area (Å²) in [5, 5.41) is 0. The molecule has 7 heteroatoms. The third-order valence-corrected chi connectivity index (χ3v) is 3.55. The molecule has 0 fully saturated rings. The van der Waals surface area contributed by atoms with Gasteiger partial charge in [-0.05, 0) is 46.7 Å². The molecule has 0 saturated carbocycles. The molecule has 0 atom stereocenters. The van der Waals surface area contributed by atoms with Crippen molar-refractivity contribution in [3.05, 3.63) is 45.8 Å². The van der Waals surface area contributed by atoms with E-state index in [1.807, 2.05) is 22.6 Å². The van der Waals surface area contributed by atoms with Gasteiger partial charge in [0.15, 0.2) is 0 Å². The van der Waals surface area contributed by atoms with E-state index in [0.29, 0.717) is 14.0 Å². The van der Waals surface area contributed by atoms with Crippen LogP contribution in [0.5, 0.6) is 0 Å². The first kappa shape index (κ1) is 16.9. The Morgan fingerprint density at radius 2 is 2.05 bits per heavy atom. The second-order valence-corrected chi connectivity index (χ2v) is 5.19. The minimum absolute atomic E-state index is 0.105. The molecule has 0 aliphatic carbocycles. The smallest absolute Gasteiger partial charge is 0.331 e. The molecule has 0 unspecified atom stereocenters. The van der Waals surface area contributed by atoms with Crippen LogP contribution in [-0.4, -0.2) is 30.1 Å². The van der Waals surface area contributed by atoms with Crippen LogP contribution in [0.2, 0.25) is 0 Å². The quantitative estimate of drug-likeness (QED) is 0.420. The molecule has 1 rings (SSSR count). The summed E-state index contributed by atoms with van der Waals surface area (Å²) in [6, 6.07) is 4.03. The molecule has 0 saturated heterocycles. The van der Waals surface area contributed by atoms with E-state index in [1.54, 1.807) is 0 Å². The highest BCUT2D eigenvalue weighted by Crippen LogP contribution is 2.20. The Balaban J connectivity index is 2.77. The van der Waals surface area contributed by atoms with Crippen molar-refractivity contribution < 1.29 is 22.4 Å². The average Bonchev–Trinajstić information content (AvgIpc) is 2.34. The fourth-order valence-corrected chi connectivity index (χ4v) is 2.34. The zero-order valence-corrected chi connectivity index (χ0v) is 12.5. The zero-order valence-electron chi connectivity index (χ0n) is 10.4. The summed E-state index contributed by atoms with van der Waals surface area (Å²) in [6.45, 7) is 3.05. The fourth-order valence-electron chi connectivity index (χ4n) is 1.59. The molecule has 2 nitrogen and oxygen atoms in total. The van der Waals surface area contributed by atoms with E-state index in [2.05, 4.69) is 6.58 Å². The Hall–Kier alpha value is -1.12. The van der Waals surface area contributed by atoms with E-state index in [4.69, 9.17) is 0 Å². The van der Waals surface area contributed by atoms with Crippen LogP contribution in [0.15, 0.2) is 30.9 Å². The van der Waals surface area contributed by atoms with Crippen molar-refractivity contribution in [3.8, 4) is 0 Å². The highest BCUT2D eigenvalue weighted by atomic mass is 127. The molecule has 0 aliphatic heterocycles. The maximum absolute atomic E-state index is 12.9. The normalized spacial score (nSPS) is 11.2. The summed E-state index contributed by atoms with van der Waals surface area (Å²) >= 11 is 1.90. The number of nitrogens with zero attached hydrogens (tertiary/aromatic N) is 1. The highest BCUT2D eigenvalue weighted by molar-refractivity contribution is 14.1. The molecule has 110 valence electrons. The Morgan fingerprint density at radius 1 is 1.40 bits per heavy atom. The van der Waals surface area contributed by atoms with Crippen molar-refractivity contribution >= 4 is 28.5 Å². The number of halogens is 5. The summed E-state index contributed by atoms with van der Waals surface area (Å²) in [5.74, 6) is -2.30. The van der Waals surface area contributed by atoms with Crippen molar-refractivity contribution in [1.29, 1.82) is 0 Å². The van der Waals surface area contributed by atoms with Gasteiger partial charge in [0, 0.05) is 16.7 Å². The van der Waals surface area contributed by atoms with Crippen LogP contribution < -0.4 is 0 Å². The molecule has 0 N–H and O–H groups in total. The number of benzene rings is 1. The Labute approximate surface area is 127 Å². The summed E-state index contributed by atoms with van der Waals surface area (Å²) < 4.78 is 50.7. The molecule has 0 spiro atoms. The first-order chi connectivity index (χ1) is 9.25. The molecular weight excluding hydrogens is 389 g/mol. The van der Waals surface area contributed by atoms with E-state index in [9.17, 15) is 22.4 Å². The average molecular weight is 401 g/mol. The van der Waals surface area contributed by atoms with Gasteiger partial charge in [0.25, 0.3) is 0 Å². The maximum atomic E-state index is 12.9. The Morgan fingerprint density at radius 3 is 2.55 bits per heavy atom. The van der Waals surface area contributed by atoms with Crippen molar-refractivity contribution in [2.75, 3.05) is 13.1 Å². The number of amides is 1. The van der Waals surface area contributed by atoms with E-state index in [0.717, 1.165) is 0 Å². The van der Waals surface area contributed by atoms with Crippen molar-refractivity contribution in [3.63, 3.8) is 0 Å². The summed E-state index contributed by atoms with van der Waals surface area (Å²) in [5.41, 5.74) is 0.691. The van der Waals surface area contributed by atoms with E-state index >= 15 is 0 Å². The first-order valence-corrected chi connectivity index (χ1v) is 6.74. The zero-order chi connectivity index (χ0) is 15.3. The third kappa shape index (κ3) is 4.77. The number of rotatable bonds is 5. The number of hydrogen-bond donors (Lipinski definition) is 0. The fraction of sp³-hybridized carbons (Fsp3) is 0.308. The molecule has 0 heterocycles. The molecule has 0 aliphatic rings. The molecule has 20 heavy (non-hydrogen) atoms. The molecule has 1 amide bonds. The van der Waals surface area contributed by atoms with Gasteiger partial charge in [-0.25, -0.2) is 4.39 Å². The highest BCUT2D eigenvalue weighted by Gasteiger charge is 2.41. The van der Waals surface area contributed by atoms with Crippen LogP contribution in [-0.2, 0) is 11.2 Å². The molecule has 0 aromatic heterocycles. The lowest BCUT2D eigenvalue weighted by Crippen LogP contribution is -2.42. The van der Waals surface area contributed by atoms with Gasteiger partial charge in [-0.2, -0.15) is 13.2 Å². The van der Waals surface area contributed by atoms with Crippen molar-refractivity contribution in [2.45, 2.75) is 12.6 Å². The van der Waals surface area contributed by atoms with E-state index in [1.165, 1.54) is 24.3 Å². The van der Waals surface area contributed by atoms with Crippen LogP contribution >= 0.6 is 22.6 Å². The first-order valence-electron chi connectivity index (χ1n) is 5.66. The summed E-state index contributed by atoms with van der Waals surface area (Å²) in [6.07, 6.45) is -3.45. The summed E-state index contributed by atoms with van der Waals surface area (Å²) in [7, 11) is 0. The van der Waals surface area contributed by atoms with Gasteiger partial charge in [0.2, 0.25) is 0 Å². The lowest BCUT2D eigenvalue weighted by atomic mass is 10.1. The second-order valence-electron chi connectivity index (χ2n) is 4.02. The van der Waals surface area contributed by atoms with Gasteiger partial charge < -0.3 is 4.90 Å². The number of alkyl halides is 3. The summed E-state index contributed by atoms with van der Waals surface area (Å²) in [4.78, 5) is 11.9. The molecule has 0 bridgehead atoms. The minimum Gasteiger partial charge on any atom is -0.331 e. The van der Waals surface area contributed by atoms with Crippen LogP contribution in [0.1, 0.15) is 5.56 Å². The lowest BCUT2D eigenvalue weighted by molar-refractivity contribution is -0.184. The topological polar surface area (TPSA) is 20.3 Å².